The highest BCUT2D eigenvalue weighted by Crippen LogP contribution is 2.17. The third-order valence-electron chi connectivity index (χ3n) is 3.39. The van der Waals surface area contributed by atoms with Crippen molar-refractivity contribution in [3.05, 3.63) is 0 Å². The van der Waals surface area contributed by atoms with Gasteiger partial charge in [-0.25, -0.2) is 8.42 Å². The van der Waals surface area contributed by atoms with Crippen LogP contribution < -0.4 is 5.32 Å². The molecule has 0 radical (unpaired) electrons. The van der Waals surface area contributed by atoms with Gasteiger partial charge in [-0.1, -0.05) is 6.92 Å². The zero-order valence-electron chi connectivity index (χ0n) is 11.7. The summed E-state index contributed by atoms with van der Waals surface area (Å²) in [4.78, 5) is 13.7. The molecule has 0 saturated carbocycles. The fraction of sp³-hybridized carbons (Fsp3) is 0.917. The van der Waals surface area contributed by atoms with Crippen molar-refractivity contribution in [1.29, 1.82) is 0 Å². The SMILES string of the molecule is CCN(CCC(=O)NCCOC)C1CCS(=O)(=O)C1. The van der Waals surface area contributed by atoms with Crippen LogP contribution in [0.1, 0.15) is 19.8 Å². The molecule has 1 amide bonds. The van der Waals surface area contributed by atoms with Crippen LogP contribution in [0.2, 0.25) is 0 Å². The summed E-state index contributed by atoms with van der Waals surface area (Å²) in [5, 5.41) is 2.76. The number of hydrogen-bond acceptors (Lipinski definition) is 5. The Bertz CT molecular complexity index is 383. The first kappa shape index (κ1) is 16.4. The molecule has 1 saturated heterocycles. The van der Waals surface area contributed by atoms with E-state index in [0.717, 1.165) is 6.54 Å². The van der Waals surface area contributed by atoms with Crippen molar-refractivity contribution in [3.8, 4) is 0 Å². The summed E-state index contributed by atoms with van der Waals surface area (Å²) in [6, 6.07) is 0.0711. The summed E-state index contributed by atoms with van der Waals surface area (Å²) in [5.41, 5.74) is 0. The van der Waals surface area contributed by atoms with E-state index in [4.69, 9.17) is 4.74 Å². The van der Waals surface area contributed by atoms with E-state index in [2.05, 4.69) is 10.2 Å². The van der Waals surface area contributed by atoms with Gasteiger partial charge < -0.3 is 10.1 Å². The third kappa shape index (κ3) is 5.88. The van der Waals surface area contributed by atoms with Crippen LogP contribution in [0.4, 0.5) is 0 Å². The number of nitrogens with zero attached hydrogens (tertiary/aromatic N) is 1. The van der Waals surface area contributed by atoms with Crippen molar-refractivity contribution in [3.63, 3.8) is 0 Å². The van der Waals surface area contributed by atoms with Crippen LogP contribution in [0.15, 0.2) is 0 Å². The lowest BCUT2D eigenvalue weighted by Gasteiger charge is -2.26. The van der Waals surface area contributed by atoms with Gasteiger partial charge in [-0.3, -0.25) is 9.69 Å². The van der Waals surface area contributed by atoms with Crippen LogP contribution >= 0.6 is 0 Å². The van der Waals surface area contributed by atoms with E-state index in [9.17, 15) is 13.2 Å². The van der Waals surface area contributed by atoms with Gasteiger partial charge in [-0.15, -0.1) is 0 Å². The minimum Gasteiger partial charge on any atom is -0.383 e. The topological polar surface area (TPSA) is 75.7 Å². The molecule has 1 aliphatic heterocycles. The first-order chi connectivity index (χ1) is 8.98. The van der Waals surface area contributed by atoms with Crippen LogP contribution in [-0.2, 0) is 19.4 Å². The molecule has 1 N–H and O–H groups in total. The highest BCUT2D eigenvalue weighted by Gasteiger charge is 2.31. The zero-order chi connectivity index (χ0) is 14.3. The average Bonchev–Trinajstić information content (AvgIpc) is 2.71. The minimum absolute atomic E-state index is 0.0173. The highest BCUT2D eigenvalue weighted by atomic mass is 32.2. The maximum absolute atomic E-state index is 11.6. The number of carbonyl (C=O) groups is 1. The molecule has 6 nitrogen and oxygen atoms in total. The number of ether oxygens (including phenoxy) is 1. The number of carbonyl (C=O) groups excluding carboxylic acids is 1. The van der Waals surface area contributed by atoms with E-state index < -0.39 is 9.84 Å². The highest BCUT2D eigenvalue weighted by molar-refractivity contribution is 7.91. The maximum atomic E-state index is 11.6. The third-order valence-corrected chi connectivity index (χ3v) is 5.14. The molecule has 1 heterocycles. The van der Waals surface area contributed by atoms with E-state index in [1.165, 1.54) is 0 Å². The van der Waals surface area contributed by atoms with E-state index in [0.29, 0.717) is 32.5 Å². The molecule has 1 unspecified atom stereocenters. The summed E-state index contributed by atoms with van der Waals surface area (Å²) < 4.78 is 27.8. The van der Waals surface area contributed by atoms with Gasteiger partial charge in [0.2, 0.25) is 5.91 Å². The van der Waals surface area contributed by atoms with Crippen molar-refractivity contribution < 1.29 is 17.9 Å². The number of rotatable bonds is 8. The van der Waals surface area contributed by atoms with Gasteiger partial charge in [-0.05, 0) is 13.0 Å². The monoisotopic (exact) mass is 292 g/mol. The Balaban J connectivity index is 2.31. The fourth-order valence-electron chi connectivity index (χ4n) is 2.29. The molecular weight excluding hydrogens is 268 g/mol. The second-order valence-corrected chi connectivity index (χ2v) is 7.01. The summed E-state index contributed by atoms with van der Waals surface area (Å²) in [6.45, 7) is 4.39. The summed E-state index contributed by atoms with van der Waals surface area (Å²) >= 11 is 0. The Kier molecular flexibility index (Phi) is 6.74. The van der Waals surface area contributed by atoms with Crippen LogP contribution in [0.5, 0.6) is 0 Å². The fourth-order valence-corrected chi connectivity index (χ4v) is 4.05. The molecule has 0 spiro atoms. The lowest BCUT2D eigenvalue weighted by atomic mass is 10.2. The van der Waals surface area contributed by atoms with Crippen molar-refractivity contribution in [2.45, 2.75) is 25.8 Å². The Morgan fingerprint density at radius 1 is 1.47 bits per heavy atom. The molecular formula is C12H24N2O4S. The largest absolute Gasteiger partial charge is 0.383 e. The Morgan fingerprint density at radius 3 is 2.74 bits per heavy atom. The van der Waals surface area contributed by atoms with Crippen molar-refractivity contribution in [2.75, 3.05) is 44.9 Å². The predicted octanol–water partition coefficient (Wildman–Crippen LogP) is -0.352. The molecule has 112 valence electrons. The summed E-state index contributed by atoms with van der Waals surface area (Å²) in [6.07, 6.45) is 1.08. The van der Waals surface area contributed by atoms with Gasteiger partial charge in [-0.2, -0.15) is 0 Å². The van der Waals surface area contributed by atoms with Crippen molar-refractivity contribution >= 4 is 15.7 Å². The number of amides is 1. The number of nitrogens with one attached hydrogen (secondary N) is 1. The maximum Gasteiger partial charge on any atom is 0.221 e. The van der Waals surface area contributed by atoms with Gasteiger partial charge in [0.1, 0.15) is 0 Å². The smallest absolute Gasteiger partial charge is 0.221 e. The van der Waals surface area contributed by atoms with E-state index >= 15 is 0 Å². The van der Waals surface area contributed by atoms with E-state index in [-0.39, 0.29) is 23.5 Å². The van der Waals surface area contributed by atoms with Gasteiger partial charge in [0.15, 0.2) is 9.84 Å². The first-order valence-electron chi connectivity index (χ1n) is 6.68. The van der Waals surface area contributed by atoms with Crippen LogP contribution in [-0.4, -0.2) is 70.1 Å². The molecule has 1 aliphatic rings. The second-order valence-electron chi connectivity index (χ2n) is 4.78. The standard InChI is InChI=1S/C12H24N2O4S/c1-3-14(11-5-9-19(16,17)10-11)7-4-12(15)13-6-8-18-2/h11H,3-10H2,1-2H3,(H,13,15). The summed E-state index contributed by atoms with van der Waals surface area (Å²) in [7, 11) is -1.28. The zero-order valence-corrected chi connectivity index (χ0v) is 12.5. The Hall–Kier alpha value is -0.660. The molecule has 0 aliphatic carbocycles. The van der Waals surface area contributed by atoms with Gasteiger partial charge in [0.05, 0.1) is 18.1 Å². The number of methoxy groups -OCH3 is 1. The average molecular weight is 292 g/mol. The quantitative estimate of drug-likeness (QED) is 0.619. The molecule has 1 atom stereocenters. The van der Waals surface area contributed by atoms with E-state index in [1.807, 2.05) is 6.92 Å². The predicted molar refractivity (Wildman–Crippen MR) is 73.8 cm³/mol. The molecule has 0 aromatic carbocycles. The number of hydrogen-bond donors (Lipinski definition) is 1. The van der Waals surface area contributed by atoms with Crippen LogP contribution in [0.25, 0.3) is 0 Å². The first-order valence-corrected chi connectivity index (χ1v) is 8.50. The Labute approximate surface area is 115 Å². The number of sulfone groups is 1. The molecule has 7 heteroatoms. The van der Waals surface area contributed by atoms with Crippen LogP contribution in [0.3, 0.4) is 0 Å². The Morgan fingerprint density at radius 2 is 2.21 bits per heavy atom. The lowest BCUT2D eigenvalue weighted by Crippen LogP contribution is -2.39. The minimum atomic E-state index is -2.87. The van der Waals surface area contributed by atoms with Crippen LogP contribution in [0, 0.1) is 0 Å². The molecule has 19 heavy (non-hydrogen) atoms. The van der Waals surface area contributed by atoms with Gasteiger partial charge >= 0.3 is 0 Å². The summed E-state index contributed by atoms with van der Waals surface area (Å²) in [5.74, 6) is 0.483. The van der Waals surface area contributed by atoms with Crippen molar-refractivity contribution in [2.24, 2.45) is 0 Å². The normalized spacial score (nSPS) is 21.7. The molecule has 1 rings (SSSR count). The van der Waals surface area contributed by atoms with Gasteiger partial charge in [0, 0.05) is 32.7 Å². The van der Waals surface area contributed by atoms with E-state index in [1.54, 1.807) is 7.11 Å². The molecule has 0 aromatic rings. The lowest BCUT2D eigenvalue weighted by molar-refractivity contribution is -0.121. The molecule has 0 bridgehead atoms. The molecule has 1 fully saturated rings. The second kappa shape index (κ2) is 7.81. The van der Waals surface area contributed by atoms with Gasteiger partial charge in [0.25, 0.3) is 0 Å². The van der Waals surface area contributed by atoms with Crippen molar-refractivity contribution in [1.82, 2.24) is 10.2 Å². The molecule has 0 aromatic heterocycles.